The lowest BCUT2D eigenvalue weighted by atomic mass is 9.63. The van der Waals surface area contributed by atoms with Crippen LogP contribution >= 0.6 is 0 Å². The summed E-state index contributed by atoms with van der Waals surface area (Å²) in [6.45, 7) is 8.53. The van der Waals surface area contributed by atoms with E-state index in [4.69, 9.17) is 0 Å². The largest absolute Gasteiger partial charge is 0.314 e. The van der Waals surface area contributed by atoms with Crippen molar-refractivity contribution < 1.29 is 0 Å². The van der Waals surface area contributed by atoms with Crippen molar-refractivity contribution in [3.8, 4) is 0 Å². The summed E-state index contributed by atoms with van der Waals surface area (Å²) < 4.78 is 0. The smallest absolute Gasteiger partial charge is 0.0103 e. The highest BCUT2D eigenvalue weighted by Crippen LogP contribution is 2.44. The number of rotatable bonds is 6. The van der Waals surface area contributed by atoms with E-state index < -0.39 is 0 Å². The highest BCUT2D eigenvalue weighted by Gasteiger charge is 2.38. The first kappa shape index (κ1) is 14.4. The van der Waals surface area contributed by atoms with Crippen LogP contribution in [0.1, 0.15) is 78.6 Å². The Morgan fingerprint density at radius 1 is 1.11 bits per heavy atom. The topological polar surface area (TPSA) is 12.0 Å². The Bertz CT molecular complexity index is 242. The molecule has 0 saturated heterocycles. The van der Waals surface area contributed by atoms with Crippen LogP contribution in [0.2, 0.25) is 0 Å². The van der Waals surface area contributed by atoms with Gasteiger partial charge in [-0.25, -0.2) is 0 Å². The van der Waals surface area contributed by atoms with Gasteiger partial charge in [0.05, 0.1) is 0 Å². The lowest BCUT2D eigenvalue weighted by molar-refractivity contribution is 0.0794. The van der Waals surface area contributed by atoms with Crippen molar-refractivity contribution in [2.75, 3.05) is 6.54 Å². The standard InChI is InChI=1S/C17H33N/c1-4-12-18-16(13-14-8-7-9-14)15-10-5-6-11-17(15,2)3/h14-16,18H,4-13H2,1-3H3. The third-order valence-corrected chi connectivity index (χ3v) is 5.54. The average Bonchev–Trinajstić information content (AvgIpc) is 2.27. The predicted octanol–water partition coefficient (Wildman–Crippen LogP) is 4.76. The van der Waals surface area contributed by atoms with Crippen LogP contribution in [0.5, 0.6) is 0 Å². The van der Waals surface area contributed by atoms with Gasteiger partial charge in [0.2, 0.25) is 0 Å². The summed E-state index contributed by atoms with van der Waals surface area (Å²) in [5, 5.41) is 3.89. The highest BCUT2D eigenvalue weighted by molar-refractivity contribution is 4.92. The van der Waals surface area contributed by atoms with Gasteiger partial charge in [0.1, 0.15) is 0 Å². The van der Waals surface area contributed by atoms with E-state index in [1.165, 1.54) is 64.3 Å². The molecule has 18 heavy (non-hydrogen) atoms. The number of hydrogen-bond acceptors (Lipinski definition) is 1. The second-order valence-corrected chi connectivity index (χ2v) is 7.43. The quantitative estimate of drug-likeness (QED) is 0.717. The van der Waals surface area contributed by atoms with E-state index in [1.54, 1.807) is 0 Å². The zero-order valence-corrected chi connectivity index (χ0v) is 12.8. The van der Waals surface area contributed by atoms with E-state index in [2.05, 4.69) is 26.1 Å². The molecule has 0 bridgehead atoms. The molecule has 106 valence electrons. The van der Waals surface area contributed by atoms with Crippen LogP contribution in [-0.4, -0.2) is 12.6 Å². The molecule has 2 unspecified atom stereocenters. The van der Waals surface area contributed by atoms with Gasteiger partial charge >= 0.3 is 0 Å². The lowest BCUT2D eigenvalue weighted by Gasteiger charge is -2.45. The van der Waals surface area contributed by atoms with E-state index in [9.17, 15) is 0 Å². The molecule has 2 rings (SSSR count). The van der Waals surface area contributed by atoms with Crippen LogP contribution in [-0.2, 0) is 0 Å². The zero-order chi connectivity index (χ0) is 13.0. The molecule has 0 aromatic heterocycles. The second kappa shape index (κ2) is 6.41. The predicted molar refractivity (Wildman–Crippen MR) is 79.8 cm³/mol. The van der Waals surface area contributed by atoms with Crippen LogP contribution in [0.25, 0.3) is 0 Å². The van der Waals surface area contributed by atoms with Crippen molar-refractivity contribution in [1.82, 2.24) is 5.32 Å². The maximum atomic E-state index is 3.89. The van der Waals surface area contributed by atoms with Crippen molar-refractivity contribution in [2.45, 2.75) is 84.6 Å². The molecule has 0 aromatic carbocycles. The fourth-order valence-electron chi connectivity index (χ4n) is 4.07. The summed E-state index contributed by atoms with van der Waals surface area (Å²) in [6, 6.07) is 0.797. The second-order valence-electron chi connectivity index (χ2n) is 7.43. The van der Waals surface area contributed by atoms with Gasteiger partial charge in [0, 0.05) is 6.04 Å². The van der Waals surface area contributed by atoms with Crippen molar-refractivity contribution >= 4 is 0 Å². The zero-order valence-electron chi connectivity index (χ0n) is 12.8. The molecular formula is C17H33N. The minimum atomic E-state index is 0.563. The molecule has 1 N–H and O–H groups in total. The van der Waals surface area contributed by atoms with Crippen LogP contribution in [0.3, 0.4) is 0 Å². The number of hydrogen-bond donors (Lipinski definition) is 1. The van der Waals surface area contributed by atoms with E-state index in [0.29, 0.717) is 5.41 Å². The van der Waals surface area contributed by atoms with E-state index in [1.807, 2.05) is 0 Å². The monoisotopic (exact) mass is 251 g/mol. The molecule has 0 amide bonds. The fourth-order valence-corrected chi connectivity index (χ4v) is 4.07. The van der Waals surface area contributed by atoms with Gasteiger partial charge in [0.15, 0.2) is 0 Å². The van der Waals surface area contributed by atoms with Gasteiger partial charge in [-0.15, -0.1) is 0 Å². The first-order valence-corrected chi connectivity index (χ1v) is 8.37. The summed E-state index contributed by atoms with van der Waals surface area (Å²) >= 11 is 0. The molecule has 2 aliphatic rings. The van der Waals surface area contributed by atoms with Crippen LogP contribution in [0.15, 0.2) is 0 Å². The van der Waals surface area contributed by atoms with Gasteiger partial charge < -0.3 is 5.32 Å². The average molecular weight is 251 g/mol. The van der Waals surface area contributed by atoms with Crippen molar-refractivity contribution in [1.29, 1.82) is 0 Å². The van der Waals surface area contributed by atoms with Gasteiger partial charge in [-0.3, -0.25) is 0 Å². The van der Waals surface area contributed by atoms with Gasteiger partial charge in [-0.05, 0) is 49.5 Å². The maximum absolute atomic E-state index is 3.89. The normalized spacial score (nSPS) is 29.8. The minimum absolute atomic E-state index is 0.563. The summed E-state index contributed by atoms with van der Waals surface area (Å²) in [4.78, 5) is 0. The van der Waals surface area contributed by atoms with Crippen molar-refractivity contribution in [3.05, 3.63) is 0 Å². The molecule has 1 nitrogen and oxygen atoms in total. The first-order chi connectivity index (χ1) is 8.63. The molecule has 2 saturated carbocycles. The Morgan fingerprint density at radius 3 is 2.44 bits per heavy atom. The summed E-state index contributed by atoms with van der Waals surface area (Å²) in [7, 11) is 0. The van der Waals surface area contributed by atoms with E-state index >= 15 is 0 Å². The van der Waals surface area contributed by atoms with E-state index in [0.717, 1.165) is 17.9 Å². The Kier molecular flexibility index (Phi) is 5.12. The van der Waals surface area contributed by atoms with Crippen molar-refractivity contribution in [3.63, 3.8) is 0 Å². The number of nitrogens with one attached hydrogen (secondary N) is 1. The summed E-state index contributed by atoms with van der Waals surface area (Å²) in [5.41, 5.74) is 0.563. The summed E-state index contributed by atoms with van der Waals surface area (Å²) in [5.74, 6) is 1.95. The highest BCUT2D eigenvalue weighted by atomic mass is 14.9. The Hall–Kier alpha value is -0.0400. The van der Waals surface area contributed by atoms with Gasteiger partial charge in [-0.1, -0.05) is 52.9 Å². The SMILES string of the molecule is CCCNC(CC1CCC1)C1CCCCC1(C)C. The lowest BCUT2D eigenvalue weighted by Crippen LogP contribution is -2.46. The molecule has 0 radical (unpaired) electrons. The molecule has 2 fully saturated rings. The Labute approximate surface area is 114 Å². The van der Waals surface area contributed by atoms with Gasteiger partial charge in [0.25, 0.3) is 0 Å². The molecule has 0 spiro atoms. The van der Waals surface area contributed by atoms with Crippen LogP contribution in [0.4, 0.5) is 0 Å². The molecule has 2 atom stereocenters. The molecule has 0 aliphatic heterocycles. The molecular weight excluding hydrogens is 218 g/mol. The molecule has 2 aliphatic carbocycles. The fraction of sp³-hybridized carbons (Fsp3) is 1.00. The summed E-state index contributed by atoms with van der Waals surface area (Å²) in [6.07, 6.45) is 13.0. The van der Waals surface area contributed by atoms with Crippen LogP contribution in [0, 0.1) is 17.3 Å². The van der Waals surface area contributed by atoms with E-state index in [-0.39, 0.29) is 0 Å². The molecule has 0 heterocycles. The first-order valence-electron chi connectivity index (χ1n) is 8.37. The minimum Gasteiger partial charge on any atom is -0.314 e. The maximum Gasteiger partial charge on any atom is 0.0103 e. The Balaban J connectivity index is 1.95. The van der Waals surface area contributed by atoms with Crippen molar-refractivity contribution in [2.24, 2.45) is 17.3 Å². The van der Waals surface area contributed by atoms with Gasteiger partial charge in [-0.2, -0.15) is 0 Å². The molecule has 1 heteroatoms. The Morgan fingerprint density at radius 2 is 1.89 bits per heavy atom. The molecule has 0 aromatic rings. The third-order valence-electron chi connectivity index (χ3n) is 5.54. The van der Waals surface area contributed by atoms with Crippen LogP contribution < -0.4 is 5.32 Å². The third kappa shape index (κ3) is 3.50.